The Balaban J connectivity index is 0. The molecule has 8 heavy (non-hydrogen) atoms. The Kier molecular flexibility index (Phi) is 8.67. The summed E-state index contributed by atoms with van der Waals surface area (Å²) in [4.78, 5) is 0. The molecule has 0 nitrogen and oxygen atoms in total. The number of allylic oxidation sites excluding steroid dienone is 2. The molecule has 0 aliphatic rings. The molecule has 45 valence electrons. The second kappa shape index (κ2) is 5.97. The first-order valence-corrected chi connectivity index (χ1v) is 2.69. The van der Waals surface area contributed by atoms with Crippen LogP contribution in [0.25, 0.3) is 0 Å². The molecule has 1 heteroatoms. The number of rotatable bonds is 1. The van der Waals surface area contributed by atoms with E-state index in [2.05, 4.69) is 26.8 Å². The SMILES string of the molecule is C[C-]=C(C)C(C)C.[Y]. The molecule has 0 heterocycles. The zero-order valence-electron chi connectivity index (χ0n) is 6.15. The molecule has 0 atom stereocenters. The average molecular weight is 186 g/mol. The Morgan fingerprint density at radius 2 is 1.75 bits per heavy atom. The van der Waals surface area contributed by atoms with Gasteiger partial charge in [-0.2, -0.15) is 6.92 Å². The van der Waals surface area contributed by atoms with Gasteiger partial charge in [0.25, 0.3) is 0 Å². The zero-order chi connectivity index (χ0) is 5.86. The minimum Gasteiger partial charge on any atom is -0.500 e. The van der Waals surface area contributed by atoms with Crippen molar-refractivity contribution in [2.45, 2.75) is 27.7 Å². The van der Waals surface area contributed by atoms with E-state index in [0.29, 0.717) is 5.92 Å². The van der Waals surface area contributed by atoms with Crippen LogP contribution in [-0.2, 0) is 32.7 Å². The van der Waals surface area contributed by atoms with E-state index in [-0.39, 0.29) is 32.7 Å². The monoisotopic (exact) mass is 186 g/mol. The van der Waals surface area contributed by atoms with Gasteiger partial charge in [0, 0.05) is 32.7 Å². The van der Waals surface area contributed by atoms with E-state index in [1.54, 1.807) is 0 Å². The molecule has 1 radical (unpaired) electrons. The predicted octanol–water partition coefficient (Wildman–Crippen LogP) is 2.41. The molecule has 0 rings (SSSR count). The molecule has 0 spiro atoms. The Morgan fingerprint density at radius 1 is 1.38 bits per heavy atom. The van der Waals surface area contributed by atoms with E-state index >= 15 is 0 Å². The van der Waals surface area contributed by atoms with E-state index < -0.39 is 0 Å². The Morgan fingerprint density at radius 3 is 1.75 bits per heavy atom. The van der Waals surface area contributed by atoms with E-state index in [9.17, 15) is 0 Å². The molecule has 0 aromatic heterocycles. The molecule has 0 aliphatic carbocycles. The molecule has 0 saturated carbocycles. The minimum absolute atomic E-state index is 0. The fourth-order valence-electron chi connectivity index (χ4n) is 0.289. The van der Waals surface area contributed by atoms with Crippen molar-refractivity contribution in [1.82, 2.24) is 0 Å². The molecule has 0 bridgehead atoms. The van der Waals surface area contributed by atoms with Crippen molar-refractivity contribution in [3.05, 3.63) is 11.6 Å². The van der Waals surface area contributed by atoms with Crippen molar-refractivity contribution < 1.29 is 32.7 Å². The first kappa shape index (κ1) is 11.6. The van der Waals surface area contributed by atoms with Crippen molar-refractivity contribution in [2.24, 2.45) is 5.92 Å². The van der Waals surface area contributed by atoms with Gasteiger partial charge in [-0.1, -0.05) is 26.7 Å². The second-order valence-corrected chi connectivity index (χ2v) is 2.09. The Labute approximate surface area is 77.6 Å². The summed E-state index contributed by atoms with van der Waals surface area (Å²) >= 11 is 0. The maximum absolute atomic E-state index is 3.08. The molecule has 0 aliphatic heterocycles. The van der Waals surface area contributed by atoms with Gasteiger partial charge in [0.2, 0.25) is 0 Å². The molecule has 0 amide bonds. The van der Waals surface area contributed by atoms with E-state index in [0.717, 1.165) is 0 Å². The molecule has 0 aromatic rings. The first-order chi connectivity index (χ1) is 3.18. The van der Waals surface area contributed by atoms with E-state index in [4.69, 9.17) is 0 Å². The van der Waals surface area contributed by atoms with Gasteiger partial charge in [-0.3, -0.25) is 5.57 Å². The van der Waals surface area contributed by atoms with Crippen LogP contribution < -0.4 is 0 Å². The van der Waals surface area contributed by atoms with Crippen molar-refractivity contribution >= 4 is 0 Å². The third kappa shape index (κ3) is 4.99. The van der Waals surface area contributed by atoms with Crippen LogP contribution in [0.5, 0.6) is 0 Å². The fourth-order valence-corrected chi connectivity index (χ4v) is 0.289. The minimum atomic E-state index is 0. The van der Waals surface area contributed by atoms with Crippen molar-refractivity contribution in [3.8, 4) is 0 Å². The zero-order valence-corrected chi connectivity index (χ0v) is 8.99. The van der Waals surface area contributed by atoms with Crippen LogP contribution in [0.3, 0.4) is 0 Å². The van der Waals surface area contributed by atoms with Crippen LogP contribution in [0.1, 0.15) is 27.7 Å². The molecule has 0 N–H and O–H groups in total. The molecule has 0 aromatic carbocycles. The Hall–Kier alpha value is 0.844. The summed E-state index contributed by atoms with van der Waals surface area (Å²) in [6, 6.07) is 0. The van der Waals surface area contributed by atoms with Crippen LogP contribution in [0.4, 0.5) is 0 Å². The van der Waals surface area contributed by atoms with E-state index in [1.807, 2.05) is 6.92 Å². The van der Waals surface area contributed by atoms with Crippen molar-refractivity contribution in [1.29, 1.82) is 0 Å². The normalized spacial score (nSPS) is 11.4. The largest absolute Gasteiger partial charge is 0.500 e. The van der Waals surface area contributed by atoms with Gasteiger partial charge in [-0.15, -0.1) is 0 Å². The smallest absolute Gasteiger partial charge is 0 e. The van der Waals surface area contributed by atoms with Gasteiger partial charge >= 0.3 is 0 Å². The molecule has 0 saturated heterocycles. The molecule has 0 unspecified atom stereocenters. The van der Waals surface area contributed by atoms with Crippen LogP contribution in [0, 0.1) is 12.0 Å². The summed E-state index contributed by atoms with van der Waals surface area (Å²) in [7, 11) is 0. The molecular formula is C7H13Y-. The summed E-state index contributed by atoms with van der Waals surface area (Å²) in [5.41, 5.74) is 1.35. The maximum Gasteiger partial charge on any atom is 0 e. The van der Waals surface area contributed by atoms with Gasteiger partial charge in [-0.05, 0) is 0 Å². The summed E-state index contributed by atoms with van der Waals surface area (Å²) < 4.78 is 0. The van der Waals surface area contributed by atoms with Gasteiger partial charge in [0.15, 0.2) is 0 Å². The van der Waals surface area contributed by atoms with Crippen LogP contribution >= 0.6 is 0 Å². The summed E-state index contributed by atoms with van der Waals surface area (Å²) in [5, 5.41) is 0. The summed E-state index contributed by atoms with van der Waals surface area (Å²) in [6.45, 7) is 8.40. The molecule has 0 fully saturated rings. The third-order valence-corrected chi connectivity index (χ3v) is 1.26. The fraction of sp³-hybridized carbons (Fsp3) is 0.714. The number of hydrogen-bond acceptors (Lipinski definition) is 0. The number of hydrogen-bond donors (Lipinski definition) is 0. The standard InChI is InChI=1S/C7H13.Y/c1-5-7(4)6(2)3;/h6H,1-4H3;/q-1;. The van der Waals surface area contributed by atoms with Crippen LogP contribution in [0.2, 0.25) is 0 Å². The van der Waals surface area contributed by atoms with Crippen LogP contribution in [-0.4, -0.2) is 0 Å². The summed E-state index contributed by atoms with van der Waals surface area (Å²) in [6.07, 6.45) is 3.08. The third-order valence-electron chi connectivity index (χ3n) is 1.26. The van der Waals surface area contributed by atoms with Gasteiger partial charge in [-0.25, -0.2) is 0 Å². The Bertz CT molecular complexity index is 72.5. The summed E-state index contributed by atoms with van der Waals surface area (Å²) in [5.74, 6) is 0.671. The van der Waals surface area contributed by atoms with Crippen molar-refractivity contribution in [3.63, 3.8) is 0 Å². The van der Waals surface area contributed by atoms with Gasteiger partial charge in [0.05, 0.1) is 0 Å². The predicted molar refractivity (Wildman–Crippen MR) is 32.9 cm³/mol. The van der Waals surface area contributed by atoms with Gasteiger partial charge in [0.1, 0.15) is 0 Å². The van der Waals surface area contributed by atoms with Crippen molar-refractivity contribution in [2.75, 3.05) is 0 Å². The average Bonchev–Trinajstić information content (AvgIpc) is 1.65. The van der Waals surface area contributed by atoms with Crippen LogP contribution in [0.15, 0.2) is 5.57 Å². The maximum atomic E-state index is 3.08. The molecular weight excluding hydrogens is 173 g/mol. The second-order valence-electron chi connectivity index (χ2n) is 2.09. The topological polar surface area (TPSA) is 0 Å². The van der Waals surface area contributed by atoms with Gasteiger partial charge < -0.3 is 6.08 Å². The van der Waals surface area contributed by atoms with E-state index in [1.165, 1.54) is 5.57 Å². The quantitative estimate of drug-likeness (QED) is 0.551. The first-order valence-electron chi connectivity index (χ1n) is 2.69.